The number of carbonyl (C=O) groups excluding carboxylic acids is 2. The molecule has 2 aromatic carbocycles. The summed E-state index contributed by atoms with van der Waals surface area (Å²) in [4.78, 5) is 24.3. The summed E-state index contributed by atoms with van der Waals surface area (Å²) in [6.45, 7) is -0.246. The van der Waals surface area contributed by atoms with Crippen LogP contribution in [0.1, 0.15) is 16.1 Å². The van der Waals surface area contributed by atoms with Crippen LogP contribution in [0.15, 0.2) is 59.1 Å². The van der Waals surface area contributed by atoms with Gasteiger partial charge in [-0.25, -0.2) is 0 Å². The molecule has 7 nitrogen and oxygen atoms in total. The van der Waals surface area contributed by atoms with E-state index in [0.29, 0.717) is 22.0 Å². The third kappa shape index (κ3) is 5.75. The summed E-state index contributed by atoms with van der Waals surface area (Å²) in [5.74, 6) is -0.197. The first-order chi connectivity index (χ1) is 13.9. The van der Waals surface area contributed by atoms with Gasteiger partial charge in [0.1, 0.15) is 0 Å². The summed E-state index contributed by atoms with van der Waals surface area (Å²) in [6, 6.07) is 15.7. The molecule has 0 spiro atoms. The lowest BCUT2D eigenvalue weighted by Crippen LogP contribution is -2.33. The predicted octanol–water partition coefficient (Wildman–Crippen LogP) is 3.24. The smallest absolute Gasteiger partial charge is 0.273 e. The van der Waals surface area contributed by atoms with Crippen molar-refractivity contribution in [2.24, 2.45) is 0 Å². The van der Waals surface area contributed by atoms with Crippen molar-refractivity contribution in [1.82, 2.24) is 10.5 Å². The lowest BCUT2D eigenvalue weighted by Gasteiger charge is -2.09. The van der Waals surface area contributed by atoms with Gasteiger partial charge < -0.3 is 15.2 Å². The van der Waals surface area contributed by atoms with Gasteiger partial charge in [0, 0.05) is 45.1 Å². The highest BCUT2D eigenvalue weighted by molar-refractivity contribution is 7.83. The molecule has 0 aliphatic heterocycles. The van der Waals surface area contributed by atoms with Crippen molar-refractivity contribution >= 4 is 39.9 Å². The number of amides is 2. The average Bonchev–Trinajstić information content (AvgIpc) is 3.19. The van der Waals surface area contributed by atoms with E-state index in [9.17, 15) is 13.8 Å². The Hall–Kier alpha value is -2.97. The Morgan fingerprint density at radius 1 is 1.14 bits per heavy atom. The van der Waals surface area contributed by atoms with Crippen molar-refractivity contribution in [1.29, 1.82) is 0 Å². The summed E-state index contributed by atoms with van der Waals surface area (Å²) >= 11 is 6.07. The highest BCUT2D eigenvalue weighted by Crippen LogP contribution is 2.22. The first kappa shape index (κ1) is 20.8. The maximum atomic E-state index is 12.2. The number of nitrogens with zero attached hydrogens (tertiary/aromatic N) is 1. The Morgan fingerprint density at radius 2 is 1.90 bits per heavy atom. The minimum Gasteiger partial charge on any atom is -0.355 e. The number of halogens is 1. The molecule has 1 heterocycles. The number of aromatic nitrogens is 1. The molecule has 0 bridgehead atoms. The van der Waals surface area contributed by atoms with Crippen LogP contribution in [0.4, 0.5) is 5.69 Å². The van der Waals surface area contributed by atoms with Crippen LogP contribution in [0.25, 0.3) is 11.3 Å². The van der Waals surface area contributed by atoms with Gasteiger partial charge in [0.25, 0.3) is 5.91 Å². The first-order valence-corrected chi connectivity index (χ1v) is 10.7. The topological polar surface area (TPSA) is 101 Å². The summed E-state index contributed by atoms with van der Waals surface area (Å²) < 4.78 is 16.6. The normalized spacial score (nSPS) is 11.7. The van der Waals surface area contributed by atoms with E-state index in [1.54, 1.807) is 24.5 Å². The van der Waals surface area contributed by atoms with Crippen molar-refractivity contribution in [2.45, 2.75) is 5.75 Å². The van der Waals surface area contributed by atoms with Crippen LogP contribution in [-0.2, 0) is 21.3 Å². The van der Waals surface area contributed by atoms with Gasteiger partial charge in [0.15, 0.2) is 11.5 Å². The second-order valence-electron chi connectivity index (χ2n) is 6.20. The minimum atomic E-state index is -1.06. The predicted molar refractivity (Wildman–Crippen MR) is 112 cm³/mol. The van der Waals surface area contributed by atoms with Crippen LogP contribution in [0.2, 0.25) is 5.02 Å². The molecule has 150 valence electrons. The molecule has 1 unspecified atom stereocenters. The van der Waals surface area contributed by atoms with Crippen LogP contribution >= 0.6 is 11.6 Å². The van der Waals surface area contributed by atoms with Crippen LogP contribution in [0.5, 0.6) is 0 Å². The van der Waals surface area contributed by atoms with Gasteiger partial charge in [0.2, 0.25) is 5.91 Å². The number of anilines is 1. The van der Waals surface area contributed by atoms with E-state index in [2.05, 4.69) is 15.8 Å². The fourth-order valence-electron chi connectivity index (χ4n) is 2.56. The molecular weight excluding hydrogens is 414 g/mol. The number of benzene rings is 2. The molecule has 3 aromatic rings. The highest BCUT2D eigenvalue weighted by atomic mass is 35.5. The number of hydrogen-bond acceptors (Lipinski definition) is 5. The molecular formula is C20H18ClN3O4S. The molecule has 2 amide bonds. The van der Waals surface area contributed by atoms with Crippen LogP contribution in [-0.4, -0.2) is 34.0 Å². The maximum Gasteiger partial charge on any atom is 0.273 e. The Labute approximate surface area is 174 Å². The number of hydrogen-bond donors (Lipinski definition) is 2. The van der Waals surface area contributed by atoms with Crippen molar-refractivity contribution in [2.75, 3.05) is 18.1 Å². The fourth-order valence-corrected chi connectivity index (χ4v) is 3.50. The van der Waals surface area contributed by atoms with E-state index in [4.69, 9.17) is 16.1 Å². The van der Waals surface area contributed by atoms with Gasteiger partial charge in [-0.3, -0.25) is 13.8 Å². The fraction of sp³-hybridized carbons (Fsp3) is 0.150. The Balaban J connectivity index is 1.56. The zero-order valence-electron chi connectivity index (χ0n) is 15.5. The Bertz CT molecular complexity index is 1050. The van der Waals surface area contributed by atoms with Gasteiger partial charge in [-0.2, -0.15) is 0 Å². The molecule has 0 aliphatic rings. The summed E-state index contributed by atoms with van der Waals surface area (Å²) in [5.41, 5.74) is 2.05. The van der Waals surface area contributed by atoms with Crippen molar-refractivity contribution in [3.63, 3.8) is 0 Å². The molecule has 2 N–H and O–H groups in total. The number of nitrogens with one attached hydrogen (secondary N) is 2. The second kappa shape index (κ2) is 9.49. The van der Waals surface area contributed by atoms with Crippen LogP contribution in [0.3, 0.4) is 0 Å². The average molecular weight is 432 g/mol. The highest BCUT2D eigenvalue weighted by Gasteiger charge is 2.15. The van der Waals surface area contributed by atoms with Crippen LogP contribution < -0.4 is 10.6 Å². The minimum absolute atomic E-state index is 0.0795. The van der Waals surface area contributed by atoms with E-state index in [1.807, 2.05) is 30.3 Å². The summed E-state index contributed by atoms with van der Waals surface area (Å²) in [6.07, 6.45) is 1.57. The molecule has 0 fully saturated rings. The summed E-state index contributed by atoms with van der Waals surface area (Å²) in [7, 11) is -1.06. The van der Waals surface area contributed by atoms with Crippen LogP contribution in [0, 0.1) is 0 Å². The van der Waals surface area contributed by atoms with Gasteiger partial charge >= 0.3 is 0 Å². The van der Waals surface area contributed by atoms with Crippen molar-refractivity contribution in [3.8, 4) is 11.3 Å². The number of rotatable bonds is 7. The molecule has 29 heavy (non-hydrogen) atoms. The SMILES string of the molecule is CS(=O)Cc1cc(NC(=O)CNC(=O)c2cc(-c3ccccc3)on2)ccc1Cl. The van der Waals surface area contributed by atoms with Crippen molar-refractivity contribution < 1.29 is 18.3 Å². The molecule has 0 radical (unpaired) electrons. The van der Waals surface area contributed by atoms with E-state index < -0.39 is 22.6 Å². The third-order valence-electron chi connectivity index (χ3n) is 3.90. The second-order valence-corrected chi connectivity index (χ2v) is 8.04. The van der Waals surface area contributed by atoms with E-state index in [-0.39, 0.29) is 18.0 Å². The quantitative estimate of drug-likeness (QED) is 0.598. The zero-order valence-corrected chi connectivity index (χ0v) is 17.0. The van der Waals surface area contributed by atoms with E-state index >= 15 is 0 Å². The standard InChI is InChI=1S/C20H18ClN3O4S/c1-29(27)12-14-9-15(7-8-16(14)21)23-19(25)11-22-20(26)17-10-18(28-24-17)13-5-3-2-4-6-13/h2-10H,11-12H2,1H3,(H,22,26)(H,23,25). The Kier molecular flexibility index (Phi) is 6.79. The first-order valence-electron chi connectivity index (χ1n) is 8.61. The molecule has 1 atom stereocenters. The van der Waals surface area contributed by atoms with Gasteiger partial charge in [0.05, 0.1) is 6.54 Å². The molecule has 1 aromatic heterocycles. The Morgan fingerprint density at radius 3 is 2.62 bits per heavy atom. The van der Waals surface area contributed by atoms with Gasteiger partial charge in [-0.15, -0.1) is 0 Å². The number of carbonyl (C=O) groups is 2. The van der Waals surface area contributed by atoms with Crippen molar-refractivity contribution in [3.05, 3.63) is 70.9 Å². The largest absolute Gasteiger partial charge is 0.355 e. The summed E-state index contributed by atoms with van der Waals surface area (Å²) in [5, 5.41) is 9.38. The van der Waals surface area contributed by atoms with Gasteiger partial charge in [-0.05, 0) is 23.8 Å². The van der Waals surface area contributed by atoms with E-state index in [0.717, 1.165) is 5.56 Å². The zero-order chi connectivity index (χ0) is 20.8. The van der Waals surface area contributed by atoms with E-state index in [1.165, 1.54) is 6.07 Å². The molecule has 0 saturated carbocycles. The lowest BCUT2D eigenvalue weighted by atomic mass is 10.1. The third-order valence-corrected chi connectivity index (χ3v) is 4.99. The molecule has 9 heteroatoms. The maximum absolute atomic E-state index is 12.2. The van der Waals surface area contributed by atoms with Gasteiger partial charge in [-0.1, -0.05) is 47.1 Å². The molecule has 3 rings (SSSR count). The monoisotopic (exact) mass is 431 g/mol. The molecule has 0 aliphatic carbocycles. The molecule has 0 saturated heterocycles. The lowest BCUT2D eigenvalue weighted by molar-refractivity contribution is -0.115.